The molecule has 29 heavy (non-hydrogen) atoms. The third-order valence-corrected chi connectivity index (χ3v) is 5.02. The van der Waals surface area contributed by atoms with Gasteiger partial charge in [-0.2, -0.15) is 18.2 Å². The van der Waals surface area contributed by atoms with Gasteiger partial charge in [-0.25, -0.2) is 0 Å². The van der Waals surface area contributed by atoms with Crippen LogP contribution in [0.2, 0.25) is 0 Å². The summed E-state index contributed by atoms with van der Waals surface area (Å²) in [5.41, 5.74) is 2.38. The highest BCUT2D eigenvalue weighted by molar-refractivity contribution is 5.96. The van der Waals surface area contributed by atoms with Crippen LogP contribution in [0.4, 0.5) is 18.9 Å². The Hall–Kier alpha value is -3.16. The number of aromatic nitrogens is 2. The largest absolute Gasteiger partial charge is 0.416 e. The van der Waals surface area contributed by atoms with Crippen LogP contribution in [0, 0.1) is 13.8 Å². The number of rotatable bonds is 3. The first-order valence-electron chi connectivity index (χ1n) is 9.11. The molecule has 8 heteroatoms. The minimum absolute atomic E-state index is 0.102. The third-order valence-electron chi connectivity index (χ3n) is 5.02. The Bertz CT molecular complexity index is 1080. The molecule has 3 aromatic rings. The summed E-state index contributed by atoms with van der Waals surface area (Å²) in [4.78, 5) is 18.2. The average molecular weight is 401 g/mol. The van der Waals surface area contributed by atoms with Crippen LogP contribution in [-0.4, -0.2) is 22.6 Å². The summed E-state index contributed by atoms with van der Waals surface area (Å²) in [5.74, 6) is 0.0925. The van der Waals surface area contributed by atoms with E-state index in [1.165, 1.54) is 17.0 Å². The summed E-state index contributed by atoms with van der Waals surface area (Å²) in [7, 11) is 0. The highest BCUT2D eigenvalue weighted by Gasteiger charge is 2.37. The van der Waals surface area contributed by atoms with Gasteiger partial charge in [-0.3, -0.25) is 4.79 Å². The summed E-state index contributed by atoms with van der Waals surface area (Å²) < 4.78 is 44.3. The third kappa shape index (κ3) is 3.74. The number of alkyl halides is 3. The zero-order valence-electron chi connectivity index (χ0n) is 15.8. The van der Waals surface area contributed by atoms with Crippen molar-refractivity contribution in [3.8, 4) is 11.4 Å². The summed E-state index contributed by atoms with van der Waals surface area (Å²) in [5, 5.41) is 4.03. The molecule has 0 bridgehead atoms. The van der Waals surface area contributed by atoms with Gasteiger partial charge in [-0.05, 0) is 37.6 Å². The van der Waals surface area contributed by atoms with E-state index in [2.05, 4.69) is 10.1 Å². The number of carbonyl (C=O) groups excluding carboxylic acids is 1. The number of anilines is 1. The maximum absolute atomic E-state index is 13.0. The van der Waals surface area contributed by atoms with Crippen LogP contribution in [0.25, 0.3) is 11.4 Å². The van der Waals surface area contributed by atoms with E-state index >= 15 is 0 Å². The van der Waals surface area contributed by atoms with Gasteiger partial charge >= 0.3 is 6.18 Å². The lowest BCUT2D eigenvalue weighted by Gasteiger charge is -2.17. The highest BCUT2D eigenvalue weighted by Crippen LogP contribution is 2.36. The van der Waals surface area contributed by atoms with Crippen molar-refractivity contribution in [3.63, 3.8) is 0 Å². The maximum Gasteiger partial charge on any atom is 0.416 e. The second kappa shape index (κ2) is 7.02. The molecule has 150 valence electrons. The Morgan fingerprint density at radius 3 is 2.66 bits per heavy atom. The number of carbonyl (C=O) groups is 1. The van der Waals surface area contributed by atoms with E-state index < -0.39 is 11.7 Å². The van der Waals surface area contributed by atoms with Crippen LogP contribution in [0.15, 0.2) is 47.0 Å². The molecule has 1 unspecified atom stereocenters. The molecule has 2 aromatic carbocycles. The van der Waals surface area contributed by atoms with E-state index in [0.717, 1.165) is 28.8 Å². The molecule has 0 spiro atoms. The Morgan fingerprint density at radius 1 is 1.14 bits per heavy atom. The van der Waals surface area contributed by atoms with E-state index in [1.54, 1.807) is 0 Å². The van der Waals surface area contributed by atoms with Gasteiger partial charge in [0.2, 0.25) is 17.6 Å². The van der Waals surface area contributed by atoms with Crippen LogP contribution in [0.1, 0.15) is 34.9 Å². The first-order valence-corrected chi connectivity index (χ1v) is 9.11. The van der Waals surface area contributed by atoms with Crippen molar-refractivity contribution in [2.75, 3.05) is 11.4 Å². The van der Waals surface area contributed by atoms with Crippen LogP contribution in [-0.2, 0) is 11.0 Å². The van der Waals surface area contributed by atoms with Gasteiger partial charge in [0.05, 0.1) is 11.5 Å². The molecule has 1 aliphatic rings. The van der Waals surface area contributed by atoms with Crippen LogP contribution < -0.4 is 4.90 Å². The molecule has 0 saturated carbocycles. The molecule has 1 saturated heterocycles. The molecule has 2 heterocycles. The molecule has 0 N–H and O–H groups in total. The zero-order chi connectivity index (χ0) is 20.8. The Labute approximate surface area is 165 Å². The summed E-state index contributed by atoms with van der Waals surface area (Å²) >= 11 is 0. The highest BCUT2D eigenvalue weighted by atomic mass is 19.4. The number of amides is 1. The first kappa shape index (κ1) is 19.2. The fourth-order valence-corrected chi connectivity index (χ4v) is 3.55. The van der Waals surface area contributed by atoms with E-state index in [-0.39, 0.29) is 30.5 Å². The van der Waals surface area contributed by atoms with E-state index in [0.29, 0.717) is 11.7 Å². The topological polar surface area (TPSA) is 59.2 Å². The molecular weight excluding hydrogens is 383 g/mol. The van der Waals surface area contributed by atoms with E-state index in [9.17, 15) is 18.0 Å². The fourth-order valence-electron chi connectivity index (χ4n) is 3.55. The van der Waals surface area contributed by atoms with Crippen LogP contribution in [0.3, 0.4) is 0 Å². The number of hydrogen-bond donors (Lipinski definition) is 0. The SMILES string of the molecule is Cc1ccc(-c2noc(C3CC(=O)N(c4cccc(C(F)(F)F)c4)C3)n2)c(C)c1. The Morgan fingerprint density at radius 2 is 1.93 bits per heavy atom. The van der Waals surface area contributed by atoms with E-state index in [1.807, 2.05) is 32.0 Å². The summed E-state index contributed by atoms with van der Waals surface area (Å²) in [6, 6.07) is 10.6. The lowest BCUT2D eigenvalue weighted by Crippen LogP contribution is -2.24. The van der Waals surface area contributed by atoms with Crippen LogP contribution >= 0.6 is 0 Å². The van der Waals surface area contributed by atoms with Gasteiger partial charge in [0.1, 0.15) is 0 Å². The normalized spacial score (nSPS) is 17.2. The molecule has 0 radical (unpaired) electrons. The van der Waals surface area contributed by atoms with Gasteiger partial charge in [-0.15, -0.1) is 0 Å². The second-order valence-electron chi connectivity index (χ2n) is 7.23. The second-order valence-corrected chi connectivity index (χ2v) is 7.23. The molecule has 1 amide bonds. The molecule has 0 aliphatic carbocycles. The first-order chi connectivity index (χ1) is 13.7. The average Bonchev–Trinajstić information content (AvgIpc) is 3.28. The molecule has 1 aromatic heterocycles. The van der Waals surface area contributed by atoms with Crippen molar-refractivity contribution in [2.24, 2.45) is 0 Å². The number of hydrogen-bond acceptors (Lipinski definition) is 4. The number of nitrogens with zero attached hydrogens (tertiary/aromatic N) is 3. The van der Waals surface area contributed by atoms with Crippen molar-refractivity contribution < 1.29 is 22.5 Å². The molecule has 1 atom stereocenters. The monoisotopic (exact) mass is 401 g/mol. The smallest absolute Gasteiger partial charge is 0.339 e. The predicted molar refractivity (Wildman–Crippen MR) is 100 cm³/mol. The van der Waals surface area contributed by atoms with Crippen LogP contribution in [0.5, 0.6) is 0 Å². The van der Waals surface area contributed by atoms with Crippen molar-refractivity contribution in [2.45, 2.75) is 32.4 Å². The van der Waals surface area contributed by atoms with Crippen molar-refractivity contribution in [3.05, 3.63) is 65.0 Å². The maximum atomic E-state index is 13.0. The number of halogens is 3. The van der Waals surface area contributed by atoms with Crippen molar-refractivity contribution in [1.82, 2.24) is 10.1 Å². The quantitative estimate of drug-likeness (QED) is 0.627. The predicted octanol–water partition coefficient (Wildman–Crippen LogP) is 4.89. The van der Waals surface area contributed by atoms with E-state index in [4.69, 9.17) is 4.52 Å². The number of benzene rings is 2. The lowest BCUT2D eigenvalue weighted by molar-refractivity contribution is -0.137. The van der Waals surface area contributed by atoms with Gasteiger partial charge < -0.3 is 9.42 Å². The van der Waals surface area contributed by atoms with Gasteiger partial charge in [0.15, 0.2) is 0 Å². The fraction of sp³-hybridized carbons (Fsp3) is 0.286. The zero-order valence-corrected chi connectivity index (χ0v) is 15.8. The Kier molecular flexibility index (Phi) is 4.64. The standard InChI is InChI=1S/C21H18F3N3O2/c1-12-6-7-17(13(2)8-12)19-25-20(29-26-19)14-9-18(28)27(11-14)16-5-3-4-15(10-16)21(22,23)24/h3-8,10,14H,9,11H2,1-2H3. The van der Waals surface area contributed by atoms with Crippen molar-refractivity contribution in [1.29, 1.82) is 0 Å². The lowest BCUT2D eigenvalue weighted by atomic mass is 10.1. The summed E-state index contributed by atoms with van der Waals surface area (Å²) in [6.07, 6.45) is -4.36. The van der Waals surface area contributed by atoms with Gasteiger partial charge in [0, 0.05) is 24.2 Å². The molecule has 1 aliphatic heterocycles. The van der Waals surface area contributed by atoms with Gasteiger partial charge in [-0.1, -0.05) is 35.0 Å². The molecular formula is C21H18F3N3O2. The molecule has 5 nitrogen and oxygen atoms in total. The van der Waals surface area contributed by atoms with Gasteiger partial charge in [0.25, 0.3) is 0 Å². The summed E-state index contributed by atoms with van der Waals surface area (Å²) in [6.45, 7) is 4.13. The minimum atomic E-state index is -4.47. The Balaban J connectivity index is 1.57. The number of aryl methyl sites for hydroxylation is 2. The minimum Gasteiger partial charge on any atom is -0.339 e. The molecule has 4 rings (SSSR count). The van der Waals surface area contributed by atoms with Crippen molar-refractivity contribution >= 4 is 11.6 Å². The molecule has 1 fully saturated rings.